The number of amides is 1. The van der Waals surface area contributed by atoms with Crippen LogP contribution in [0.1, 0.15) is 10.4 Å². The van der Waals surface area contributed by atoms with Crippen molar-refractivity contribution in [2.24, 2.45) is 0 Å². The Labute approximate surface area is 142 Å². The van der Waals surface area contributed by atoms with Crippen LogP contribution >= 0.6 is 45.7 Å². The molecular formula is C12H10IN3O3S2. The first kappa shape index (κ1) is 16.2. The van der Waals surface area contributed by atoms with Crippen LogP contribution in [0, 0.1) is 3.57 Å². The van der Waals surface area contributed by atoms with Crippen molar-refractivity contribution in [3.63, 3.8) is 0 Å². The Morgan fingerprint density at radius 1 is 1.38 bits per heavy atom. The third-order valence-corrected chi connectivity index (χ3v) is 5.17. The van der Waals surface area contributed by atoms with Gasteiger partial charge in [0.1, 0.15) is 0 Å². The largest absolute Gasteiger partial charge is 0.468 e. The predicted octanol–water partition coefficient (Wildman–Crippen LogP) is 2.66. The molecule has 2 aromatic rings. The van der Waals surface area contributed by atoms with E-state index in [0.717, 1.165) is 3.57 Å². The number of rotatable bonds is 5. The first-order chi connectivity index (χ1) is 10.1. The summed E-state index contributed by atoms with van der Waals surface area (Å²) in [5.74, 6) is -0.407. The van der Waals surface area contributed by atoms with Gasteiger partial charge < -0.3 is 4.74 Å². The number of nitrogens with one attached hydrogen (secondary N) is 1. The van der Waals surface area contributed by atoms with E-state index in [9.17, 15) is 9.59 Å². The second-order valence-electron chi connectivity index (χ2n) is 3.67. The van der Waals surface area contributed by atoms with Gasteiger partial charge in [0.15, 0.2) is 4.34 Å². The van der Waals surface area contributed by atoms with Crippen molar-refractivity contribution in [1.82, 2.24) is 10.2 Å². The lowest BCUT2D eigenvalue weighted by Crippen LogP contribution is -2.13. The normalized spacial score (nSPS) is 10.2. The molecule has 0 unspecified atom stereocenters. The molecule has 0 aliphatic rings. The molecule has 0 saturated carbocycles. The lowest BCUT2D eigenvalue weighted by atomic mass is 10.2. The van der Waals surface area contributed by atoms with Gasteiger partial charge in [0, 0.05) is 3.57 Å². The molecule has 6 nitrogen and oxygen atoms in total. The highest BCUT2D eigenvalue weighted by molar-refractivity contribution is 14.1. The van der Waals surface area contributed by atoms with E-state index in [0.29, 0.717) is 15.0 Å². The molecule has 21 heavy (non-hydrogen) atoms. The summed E-state index contributed by atoms with van der Waals surface area (Å²) in [6.45, 7) is 0. The molecule has 1 aromatic heterocycles. The molecule has 0 radical (unpaired) electrons. The first-order valence-electron chi connectivity index (χ1n) is 5.69. The van der Waals surface area contributed by atoms with Gasteiger partial charge in [-0.2, -0.15) is 0 Å². The predicted molar refractivity (Wildman–Crippen MR) is 89.8 cm³/mol. The van der Waals surface area contributed by atoms with Gasteiger partial charge in [-0.1, -0.05) is 35.2 Å². The lowest BCUT2D eigenvalue weighted by molar-refractivity contribution is -0.137. The number of hydrogen-bond acceptors (Lipinski definition) is 7. The van der Waals surface area contributed by atoms with Crippen LogP contribution < -0.4 is 5.32 Å². The summed E-state index contributed by atoms with van der Waals surface area (Å²) in [5.41, 5.74) is 0.581. The van der Waals surface area contributed by atoms with Crippen molar-refractivity contribution in [3.05, 3.63) is 33.4 Å². The van der Waals surface area contributed by atoms with Crippen LogP contribution in [-0.4, -0.2) is 34.9 Å². The maximum atomic E-state index is 12.1. The van der Waals surface area contributed by atoms with Crippen molar-refractivity contribution >= 4 is 62.7 Å². The smallest absolute Gasteiger partial charge is 0.316 e. The summed E-state index contributed by atoms with van der Waals surface area (Å²) in [6, 6.07) is 7.26. The van der Waals surface area contributed by atoms with Crippen LogP contribution in [0.15, 0.2) is 28.6 Å². The minimum Gasteiger partial charge on any atom is -0.468 e. The fraction of sp³-hybridized carbons (Fsp3) is 0.167. The molecule has 1 amide bonds. The fourth-order valence-electron chi connectivity index (χ4n) is 1.31. The van der Waals surface area contributed by atoms with Crippen LogP contribution in [0.3, 0.4) is 0 Å². The van der Waals surface area contributed by atoms with Gasteiger partial charge in [-0.05, 0) is 34.7 Å². The zero-order valence-electron chi connectivity index (χ0n) is 10.8. The molecular weight excluding hydrogens is 425 g/mol. The summed E-state index contributed by atoms with van der Waals surface area (Å²) < 4.78 is 5.99. The summed E-state index contributed by atoms with van der Waals surface area (Å²) in [6.07, 6.45) is 0. The number of anilines is 1. The number of aromatic nitrogens is 2. The number of hydrogen-bond donors (Lipinski definition) is 1. The SMILES string of the molecule is COC(=O)CSc1nnc(NC(=O)c2ccccc2I)s1. The molecule has 0 aliphatic heterocycles. The second kappa shape index (κ2) is 7.71. The number of carbonyl (C=O) groups is 2. The van der Waals surface area contributed by atoms with Crippen molar-refractivity contribution < 1.29 is 14.3 Å². The third kappa shape index (κ3) is 4.64. The minimum absolute atomic E-state index is 0.162. The number of carbonyl (C=O) groups excluding carboxylic acids is 2. The molecule has 1 heterocycles. The van der Waals surface area contributed by atoms with E-state index in [1.807, 2.05) is 12.1 Å². The highest BCUT2D eigenvalue weighted by atomic mass is 127. The van der Waals surface area contributed by atoms with Gasteiger partial charge in [0.05, 0.1) is 18.4 Å². The number of thioether (sulfide) groups is 1. The van der Waals surface area contributed by atoms with E-state index in [2.05, 4.69) is 42.8 Å². The zero-order valence-corrected chi connectivity index (χ0v) is 14.6. The first-order valence-corrected chi connectivity index (χ1v) is 8.57. The number of esters is 1. The van der Waals surface area contributed by atoms with E-state index < -0.39 is 0 Å². The number of halogens is 1. The average molecular weight is 435 g/mol. The van der Waals surface area contributed by atoms with Gasteiger partial charge in [0.2, 0.25) is 5.13 Å². The van der Waals surface area contributed by atoms with Gasteiger partial charge in [-0.15, -0.1) is 10.2 Å². The summed E-state index contributed by atoms with van der Waals surface area (Å²) >= 11 is 4.53. The highest BCUT2D eigenvalue weighted by Gasteiger charge is 2.13. The molecule has 0 atom stereocenters. The van der Waals surface area contributed by atoms with Crippen LogP contribution in [-0.2, 0) is 9.53 Å². The van der Waals surface area contributed by atoms with Gasteiger partial charge in [0.25, 0.3) is 5.91 Å². The monoisotopic (exact) mass is 435 g/mol. The number of ether oxygens (including phenoxy) is 1. The fourth-order valence-corrected chi connectivity index (χ4v) is 3.52. The molecule has 0 aliphatic carbocycles. The Morgan fingerprint density at radius 2 is 2.14 bits per heavy atom. The lowest BCUT2D eigenvalue weighted by Gasteiger charge is -2.02. The Kier molecular flexibility index (Phi) is 5.94. The summed E-state index contributed by atoms with van der Waals surface area (Å²) in [5, 5.41) is 10.9. The molecule has 0 fully saturated rings. The van der Waals surface area contributed by atoms with Gasteiger partial charge in [-0.3, -0.25) is 14.9 Å². The topological polar surface area (TPSA) is 81.2 Å². The number of benzene rings is 1. The molecule has 1 N–H and O–H groups in total. The summed E-state index contributed by atoms with van der Waals surface area (Å²) in [7, 11) is 1.33. The quantitative estimate of drug-likeness (QED) is 0.337. The molecule has 9 heteroatoms. The van der Waals surface area contributed by atoms with E-state index in [-0.39, 0.29) is 17.6 Å². The van der Waals surface area contributed by atoms with Crippen molar-refractivity contribution in [2.75, 3.05) is 18.2 Å². The zero-order chi connectivity index (χ0) is 15.2. The van der Waals surface area contributed by atoms with Gasteiger partial charge >= 0.3 is 5.97 Å². The van der Waals surface area contributed by atoms with Gasteiger partial charge in [-0.25, -0.2) is 0 Å². The van der Waals surface area contributed by atoms with Crippen molar-refractivity contribution in [3.8, 4) is 0 Å². The number of nitrogens with zero attached hydrogens (tertiary/aromatic N) is 2. The maximum absolute atomic E-state index is 12.1. The average Bonchev–Trinajstić information content (AvgIpc) is 2.92. The Bertz CT molecular complexity index is 663. The molecule has 0 saturated heterocycles. The van der Waals surface area contributed by atoms with Crippen LogP contribution in [0.4, 0.5) is 5.13 Å². The molecule has 110 valence electrons. The molecule has 2 rings (SSSR count). The Morgan fingerprint density at radius 3 is 2.86 bits per heavy atom. The minimum atomic E-state index is -0.334. The number of methoxy groups -OCH3 is 1. The van der Waals surface area contributed by atoms with E-state index in [4.69, 9.17) is 0 Å². The van der Waals surface area contributed by atoms with Crippen LogP contribution in [0.25, 0.3) is 0 Å². The van der Waals surface area contributed by atoms with E-state index in [1.165, 1.54) is 30.2 Å². The van der Waals surface area contributed by atoms with Crippen molar-refractivity contribution in [2.45, 2.75) is 4.34 Å². The maximum Gasteiger partial charge on any atom is 0.316 e. The third-order valence-electron chi connectivity index (χ3n) is 2.29. The van der Waals surface area contributed by atoms with Crippen molar-refractivity contribution in [1.29, 1.82) is 0 Å². The summed E-state index contributed by atoms with van der Waals surface area (Å²) in [4.78, 5) is 23.1. The van der Waals surface area contributed by atoms with E-state index in [1.54, 1.807) is 12.1 Å². The standard InChI is InChI=1S/C12H10IN3O3S2/c1-19-9(17)6-20-12-16-15-11(21-12)14-10(18)7-4-2-3-5-8(7)13/h2-5H,6H2,1H3,(H,14,15,18). The molecule has 1 aromatic carbocycles. The highest BCUT2D eigenvalue weighted by Crippen LogP contribution is 2.26. The van der Waals surface area contributed by atoms with Crippen LogP contribution in [0.2, 0.25) is 0 Å². The van der Waals surface area contributed by atoms with E-state index >= 15 is 0 Å². The second-order valence-corrected chi connectivity index (χ2v) is 7.03. The molecule has 0 spiro atoms. The van der Waals surface area contributed by atoms with Crippen LogP contribution in [0.5, 0.6) is 0 Å². The Hall–Kier alpha value is -1.20. The molecule has 0 bridgehead atoms. The Balaban J connectivity index is 1.98.